The van der Waals surface area contributed by atoms with Crippen LogP contribution in [-0.4, -0.2) is 12.3 Å². The van der Waals surface area contributed by atoms with Crippen LogP contribution in [-0.2, 0) is 16.6 Å². The summed E-state index contributed by atoms with van der Waals surface area (Å²) in [7, 11) is 0. The van der Waals surface area contributed by atoms with Gasteiger partial charge in [0.2, 0.25) is 5.91 Å². The van der Waals surface area contributed by atoms with Crippen LogP contribution in [0.25, 0.3) is 11.1 Å². The minimum absolute atomic E-state index is 0.0920. The molecule has 0 saturated heterocycles. The van der Waals surface area contributed by atoms with E-state index < -0.39 is 6.36 Å². The summed E-state index contributed by atoms with van der Waals surface area (Å²) in [5, 5.41) is 2.86. The summed E-state index contributed by atoms with van der Waals surface area (Å²) in [6, 6.07) is 21.0. The number of aryl methyl sites for hydroxylation is 1. The van der Waals surface area contributed by atoms with Crippen LogP contribution in [0, 0.1) is 0 Å². The predicted octanol–water partition coefficient (Wildman–Crippen LogP) is 7.12. The van der Waals surface area contributed by atoms with Crippen molar-refractivity contribution in [3.05, 3.63) is 83.9 Å². The molecule has 0 unspecified atom stereocenters. The van der Waals surface area contributed by atoms with E-state index in [1.807, 2.05) is 0 Å². The molecule has 6 heteroatoms. The highest BCUT2D eigenvalue weighted by Crippen LogP contribution is 2.29. The maximum atomic E-state index is 12.4. The Morgan fingerprint density at radius 2 is 1.53 bits per heavy atom. The van der Waals surface area contributed by atoms with Crippen molar-refractivity contribution in [3.63, 3.8) is 0 Å². The molecule has 3 aromatic carbocycles. The van der Waals surface area contributed by atoms with E-state index in [4.69, 9.17) is 0 Å². The lowest BCUT2D eigenvalue weighted by Gasteiger charge is -2.19. The zero-order chi connectivity index (χ0) is 23.4. The van der Waals surface area contributed by atoms with Crippen LogP contribution in [0.15, 0.2) is 72.8 Å². The first-order valence-corrected chi connectivity index (χ1v) is 10.4. The maximum absolute atomic E-state index is 12.4. The SMILES string of the molecule is CC(C)(C)c1ccc(CCC(=O)Nc2ccc(-c3cccc(OC(F)(F)F)c3)cc2)cc1. The molecule has 1 amide bonds. The van der Waals surface area contributed by atoms with Gasteiger partial charge in [0, 0.05) is 12.1 Å². The van der Waals surface area contributed by atoms with Crippen LogP contribution in [0.1, 0.15) is 38.3 Å². The largest absolute Gasteiger partial charge is 0.573 e. The predicted molar refractivity (Wildman–Crippen MR) is 121 cm³/mol. The standard InChI is InChI=1S/C26H26F3NO2/c1-25(2,3)21-12-7-18(8-13-21)9-16-24(31)30-22-14-10-19(11-15-22)20-5-4-6-23(17-20)32-26(27,28)29/h4-8,10-15,17H,9,16H2,1-3H3,(H,30,31). The van der Waals surface area contributed by atoms with E-state index in [9.17, 15) is 18.0 Å². The molecule has 0 aliphatic heterocycles. The molecule has 0 radical (unpaired) electrons. The van der Waals surface area contributed by atoms with Gasteiger partial charge in [-0.25, -0.2) is 0 Å². The third-order valence-electron chi connectivity index (χ3n) is 5.03. The zero-order valence-corrected chi connectivity index (χ0v) is 18.3. The number of hydrogen-bond donors (Lipinski definition) is 1. The molecule has 1 N–H and O–H groups in total. The molecule has 0 spiro atoms. The molecule has 0 bridgehead atoms. The molecule has 168 valence electrons. The quantitative estimate of drug-likeness (QED) is 0.442. The van der Waals surface area contributed by atoms with E-state index in [1.54, 1.807) is 30.3 Å². The van der Waals surface area contributed by atoms with Crippen molar-refractivity contribution >= 4 is 11.6 Å². The third-order valence-corrected chi connectivity index (χ3v) is 5.03. The maximum Gasteiger partial charge on any atom is 0.573 e. The lowest BCUT2D eigenvalue weighted by atomic mass is 9.86. The fourth-order valence-electron chi connectivity index (χ4n) is 3.27. The Hall–Kier alpha value is -3.28. The summed E-state index contributed by atoms with van der Waals surface area (Å²) in [4.78, 5) is 12.3. The van der Waals surface area contributed by atoms with Crippen molar-refractivity contribution in [1.29, 1.82) is 0 Å². The van der Waals surface area contributed by atoms with Crippen molar-refractivity contribution in [1.82, 2.24) is 0 Å². The number of carbonyl (C=O) groups is 1. The van der Waals surface area contributed by atoms with Crippen molar-refractivity contribution in [2.75, 3.05) is 5.32 Å². The van der Waals surface area contributed by atoms with Gasteiger partial charge in [0.25, 0.3) is 0 Å². The van der Waals surface area contributed by atoms with Gasteiger partial charge < -0.3 is 10.1 Å². The van der Waals surface area contributed by atoms with Gasteiger partial charge in [0.05, 0.1) is 0 Å². The fourth-order valence-corrected chi connectivity index (χ4v) is 3.27. The van der Waals surface area contributed by atoms with Gasteiger partial charge in [-0.1, -0.05) is 69.3 Å². The molecule has 0 saturated carbocycles. The van der Waals surface area contributed by atoms with Crippen molar-refractivity contribution in [2.24, 2.45) is 0 Å². The van der Waals surface area contributed by atoms with Gasteiger partial charge in [0.1, 0.15) is 5.75 Å². The number of alkyl halides is 3. The first-order valence-electron chi connectivity index (χ1n) is 10.4. The van der Waals surface area contributed by atoms with E-state index >= 15 is 0 Å². The Labute approximate surface area is 186 Å². The zero-order valence-electron chi connectivity index (χ0n) is 18.3. The average Bonchev–Trinajstić information content (AvgIpc) is 2.71. The number of nitrogens with one attached hydrogen (secondary N) is 1. The van der Waals surface area contributed by atoms with Crippen LogP contribution in [0.5, 0.6) is 5.75 Å². The second kappa shape index (κ2) is 9.47. The van der Waals surface area contributed by atoms with Gasteiger partial charge in [0.15, 0.2) is 0 Å². The summed E-state index contributed by atoms with van der Waals surface area (Å²) in [6.45, 7) is 6.48. The molecule has 0 aromatic heterocycles. The Morgan fingerprint density at radius 1 is 0.875 bits per heavy atom. The highest BCUT2D eigenvalue weighted by molar-refractivity contribution is 5.91. The topological polar surface area (TPSA) is 38.3 Å². The monoisotopic (exact) mass is 441 g/mol. The van der Waals surface area contributed by atoms with Crippen molar-refractivity contribution in [2.45, 2.75) is 45.4 Å². The van der Waals surface area contributed by atoms with Gasteiger partial charge in [-0.3, -0.25) is 4.79 Å². The second-order valence-corrected chi connectivity index (χ2v) is 8.65. The molecular weight excluding hydrogens is 415 g/mol. The molecular formula is C26H26F3NO2. The Kier molecular flexibility index (Phi) is 6.92. The summed E-state index contributed by atoms with van der Waals surface area (Å²) in [6.07, 6.45) is -3.74. The van der Waals surface area contributed by atoms with E-state index in [0.29, 0.717) is 24.1 Å². The minimum Gasteiger partial charge on any atom is -0.406 e. The summed E-state index contributed by atoms with van der Waals surface area (Å²) in [5.74, 6) is -0.374. The van der Waals surface area contributed by atoms with Crippen LogP contribution in [0.3, 0.4) is 0 Å². The lowest BCUT2D eigenvalue weighted by Crippen LogP contribution is -2.17. The van der Waals surface area contributed by atoms with Crippen molar-refractivity contribution in [3.8, 4) is 16.9 Å². The number of carbonyl (C=O) groups excluding carboxylic acids is 1. The molecule has 0 atom stereocenters. The average molecular weight is 441 g/mol. The smallest absolute Gasteiger partial charge is 0.406 e. The molecule has 0 heterocycles. The summed E-state index contributed by atoms with van der Waals surface area (Å²) in [5.41, 5.74) is 4.38. The minimum atomic E-state index is -4.73. The molecule has 0 fully saturated rings. The van der Waals surface area contributed by atoms with Gasteiger partial charge >= 0.3 is 6.36 Å². The summed E-state index contributed by atoms with van der Waals surface area (Å²) >= 11 is 0. The van der Waals surface area contributed by atoms with E-state index in [2.05, 4.69) is 55.1 Å². The van der Waals surface area contributed by atoms with Crippen molar-refractivity contribution < 1.29 is 22.7 Å². The third kappa shape index (κ3) is 6.87. The van der Waals surface area contributed by atoms with Gasteiger partial charge in [-0.05, 0) is 58.4 Å². The number of ether oxygens (including phenoxy) is 1. The highest BCUT2D eigenvalue weighted by Gasteiger charge is 2.31. The summed E-state index contributed by atoms with van der Waals surface area (Å²) < 4.78 is 41.2. The number of anilines is 1. The molecule has 3 nitrogen and oxygen atoms in total. The second-order valence-electron chi connectivity index (χ2n) is 8.65. The van der Waals surface area contributed by atoms with E-state index in [1.165, 1.54) is 23.8 Å². The number of halogens is 3. The number of amides is 1. The molecule has 3 aromatic rings. The number of rotatable bonds is 6. The number of hydrogen-bond acceptors (Lipinski definition) is 2. The molecule has 0 aliphatic rings. The molecule has 32 heavy (non-hydrogen) atoms. The molecule has 0 aliphatic carbocycles. The fraction of sp³-hybridized carbons (Fsp3) is 0.269. The van der Waals surface area contributed by atoms with Crippen LogP contribution < -0.4 is 10.1 Å². The van der Waals surface area contributed by atoms with E-state index in [-0.39, 0.29) is 17.1 Å². The lowest BCUT2D eigenvalue weighted by molar-refractivity contribution is -0.274. The van der Waals surface area contributed by atoms with Gasteiger partial charge in [-0.15, -0.1) is 13.2 Å². The highest BCUT2D eigenvalue weighted by atomic mass is 19.4. The van der Waals surface area contributed by atoms with Crippen LogP contribution >= 0.6 is 0 Å². The Balaban J connectivity index is 1.56. The van der Waals surface area contributed by atoms with Gasteiger partial charge in [-0.2, -0.15) is 0 Å². The Morgan fingerprint density at radius 3 is 2.12 bits per heavy atom. The van der Waals surface area contributed by atoms with Crippen LogP contribution in [0.4, 0.5) is 18.9 Å². The van der Waals surface area contributed by atoms with Crippen LogP contribution in [0.2, 0.25) is 0 Å². The first-order chi connectivity index (χ1) is 15.0. The molecule has 3 rings (SSSR count). The number of benzene rings is 3. The Bertz CT molecular complexity index is 1050. The first kappa shape index (κ1) is 23.4. The normalized spacial score (nSPS) is 11.8. The van der Waals surface area contributed by atoms with E-state index in [0.717, 1.165) is 11.1 Å².